The molecule has 0 unspecified atom stereocenters. The molecule has 0 aliphatic rings. The Hall–Kier alpha value is -1.26. The second kappa shape index (κ2) is 4.08. The number of aromatic nitrogens is 2. The number of hydrogen-bond donors (Lipinski definition) is 0. The van der Waals surface area contributed by atoms with Gasteiger partial charge >= 0.3 is 0 Å². The van der Waals surface area contributed by atoms with Crippen LogP contribution in [0.4, 0.5) is 0 Å². The van der Waals surface area contributed by atoms with E-state index in [4.69, 9.17) is 11.6 Å². The van der Waals surface area contributed by atoms with E-state index < -0.39 is 0 Å². The van der Waals surface area contributed by atoms with Gasteiger partial charge in [0.05, 0.1) is 6.20 Å². The van der Waals surface area contributed by atoms with Crippen molar-refractivity contribution in [2.24, 2.45) is 0 Å². The molecule has 1 aromatic heterocycles. The van der Waals surface area contributed by atoms with Gasteiger partial charge in [-0.3, -0.25) is 4.79 Å². The average Bonchev–Trinajstić information content (AvgIpc) is 2.74. The third-order valence-corrected chi connectivity index (χ3v) is 3.09. The summed E-state index contributed by atoms with van der Waals surface area (Å²) < 4.78 is 3.65. The number of benzene rings is 1. The number of hydrogen-bond acceptors (Lipinski definition) is 4. The van der Waals surface area contributed by atoms with Gasteiger partial charge in [-0.1, -0.05) is 28.2 Å². The molecule has 0 radical (unpaired) electrons. The quantitative estimate of drug-likeness (QED) is 0.756. The minimum absolute atomic E-state index is 0.0908. The molecule has 5 heteroatoms. The lowest BCUT2D eigenvalue weighted by Crippen LogP contribution is -1.98. The molecule has 0 N–H and O–H groups in total. The number of aryl methyl sites for hydroxylation is 1. The lowest BCUT2D eigenvalue weighted by atomic mass is 10.1. The van der Waals surface area contributed by atoms with E-state index in [2.05, 4.69) is 9.59 Å². The zero-order chi connectivity index (χ0) is 10.8. The van der Waals surface area contributed by atoms with E-state index in [-0.39, 0.29) is 5.78 Å². The number of rotatable bonds is 2. The van der Waals surface area contributed by atoms with Crippen LogP contribution in [0, 0.1) is 6.92 Å². The van der Waals surface area contributed by atoms with Crippen molar-refractivity contribution in [3.63, 3.8) is 0 Å². The first-order valence-corrected chi connectivity index (χ1v) is 5.42. The summed E-state index contributed by atoms with van der Waals surface area (Å²) in [5, 5.41) is 4.22. The molecule has 0 aliphatic carbocycles. The van der Waals surface area contributed by atoms with E-state index in [1.165, 1.54) is 6.20 Å². The largest absolute Gasteiger partial charge is 0.288 e. The number of nitrogens with zero attached hydrogens (tertiary/aromatic N) is 2. The van der Waals surface area contributed by atoms with E-state index in [0.29, 0.717) is 15.5 Å². The third-order valence-electron chi connectivity index (χ3n) is 2.02. The molecule has 1 heterocycles. The molecule has 76 valence electrons. The zero-order valence-electron chi connectivity index (χ0n) is 7.90. The SMILES string of the molecule is Cc1ccc(C(=O)c2cnns2)cc1Cl. The normalized spacial score (nSPS) is 10.3. The predicted molar refractivity (Wildman–Crippen MR) is 59.5 cm³/mol. The van der Waals surface area contributed by atoms with Crippen molar-refractivity contribution < 1.29 is 4.79 Å². The van der Waals surface area contributed by atoms with Gasteiger partial charge in [0.15, 0.2) is 0 Å². The summed E-state index contributed by atoms with van der Waals surface area (Å²) in [5.74, 6) is -0.0908. The Balaban J connectivity index is 2.39. The van der Waals surface area contributed by atoms with Crippen LogP contribution in [0.15, 0.2) is 24.4 Å². The van der Waals surface area contributed by atoms with Gasteiger partial charge in [-0.05, 0) is 30.1 Å². The summed E-state index contributed by atoms with van der Waals surface area (Å²) in [4.78, 5) is 12.4. The van der Waals surface area contributed by atoms with Crippen LogP contribution in [0.1, 0.15) is 20.8 Å². The van der Waals surface area contributed by atoms with Gasteiger partial charge in [0.1, 0.15) is 4.88 Å². The summed E-state index contributed by atoms with van der Waals surface area (Å²) in [6.07, 6.45) is 1.46. The Bertz CT molecular complexity index is 496. The summed E-state index contributed by atoms with van der Waals surface area (Å²) in [6.45, 7) is 1.89. The van der Waals surface area contributed by atoms with Crippen LogP contribution in [0.2, 0.25) is 5.02 Å². The molecule has 0 aliphatic heterocycles. The van der Waals surface area contributed by atoms with E-state index in [9.17, 15) is 4.79 Å². The van der Waals surface area contributed by atoms with Crippen molar-refractivity contribution in [3.05, 3.63) is 45.4 Å². The van der Waals surface area contributed by atoms with Gasteiger partial charge in [-0.15, -0.1) is 5.10 Å². The monoisotopic (exact) mass is 238 g/mol. The molecule has 0 spiro atoms. The topological polar surface area (TPSA) is 42.9 Å². The Morgan fingerprint density at radius 2 is 2.27 bits per heavy atom. The number of carbonyl (C=O) groups excluding carboxylic acids is 1. The average molecular weight is 239 g/mol. The zero-order valence-corrected chi connectivity index (χ0v) is 9.47. The fourth-order valence-corrected chi connectivity index (χ4v) is 1.80. The van der Waals surface area contributed by atoms with Crippen LogP contribution in [0.5, 0.6) is 0 Å². The fourth-order valence-electron chi connectivity index (χ4n) is 1.14. The van der Waals surface area contributed by atoms with Crippen molar-refractivity contribution in [1.29, 1.82) is 0 Å². The summed E-state index contributed by atoms with van der Waals surface area (Å²) >= 11 is 7.02. The number of halogens is 1. The standard InChI is InChI=1S/C10H7ClN2OS/c1-6-2-3-7(4-8(6)11)10(14)9-5-12-13-15-9/h2-5H,1H3. The smallest absolute Gasteiger partial charge is 0.206 e. The van der Waals surface area contributed by atoms with Gasteiger partial charge in [-0.25, -0.2) is 0 Å². The molecule has 15 heavy (non-hydrogen) atoms. The fraction of sp³-hybridized carbons (Fsp3) is 0.100. The van der Waals surface area contributed by atoms with Crippen LogP contribution in [0.25, 0.3) is 0 Å². The summed E-state index contributed by atoms with van der Waals surface area (Å²) in [6, 6.07) is 5.24. The van der Waals surface area contributed by atoms with E-state index in [1.807, 2.05) is 13.0 Å². The van der Waals surface area contributed by atoms with Crippen molar-refractivity contribution >= 4 is 28.9 Å². The molecule has 2 rings (SSSR count). The first-order chi connectivity index (χ1) is 7.18. The van der Waals surface area contributed by atoms with Gasteiger partial charge in [0, 0.05) is 10.6 Å². The Kier molecular flexibility index (Phi) is 2.79. The lowest BCUT2D eigenvalue weighted by Gasteiger charge is -2.00. The molecular weight excluding hydrogens is 232 g/mol. The van der Waals surface area contributed by atoms with Crippen LogP contribution >= 0.6 is 23.1 Å². The summed E-state index contributed by atoms with van der Waals surface area (Å²) in [5.41, 5.74) is 1.52. The highest BCUT2D eigenvalue weighted by Crippen LogP contribution is 2.19. The van der Waals surface area contributed by atoms with Crippen LogP contribution in [-0.2, 0) is 0 Å². The predicted octanol–water partition coefficient (Wildman–Crippen LogP) is 2.73. The molecular formula is C10H7ClN2OS. The van der Waals surface area contributed by atoms with Crippen molar-refractivity contribution in [1.82, 2.24) is 9.59 Å². The Labute approximate surface area is 95.9 Å². The molecule has 0 saturated carbocycles. The maximum Gasteiger partial charge on any atom is 0.206 e. The van der Waals surface area contributed by atoms with Crippen molar-refractivity contribution in [2.45, 2.75) is 6.92 Å². The van der Waals surface area contributed by atoms with Gasteiger partial charge in [0.2, 0.25) is 5.78 Å². The minimum Gasteiger partial charge on any atom is -0.288 e. The van der Waals surface area contributed by atoms with Gasteiger partial charge in [0.25, 0.3) is 0 Å². The molecule has 1 aromatic carbocycles. The van der Waals surface area contributed by atoms with Crippen molar-refractivity contribution in [2.75, 3.05) is 0 Å². The van der Waals surface area contributed by atoms with Crippen LogP contribution in [-0.4, -0.2) is 15.4 Å². The second-order valence-electron chi connectivity index (χ2n) is 3.07. The number of carbonyl (C=O) groups is 1. The van der Waals surface area contributed by atoms with Crippen LogP contribution < -0.4 is 0 Å². The first kappa shape index (κ1) is 10.3. The van der Waals surface area contributed by atoms with Crippen molar-refractivity contribution in [3.8, 4) is 0 Å². The highest BCUT2D eigenvalue weighted by atomic mass is 35.5. The molecule has 3 nitrogen and oxygen atoms in total. The molecule has 0 atom stereocenters. The number of ketones is 1. The molecule has 0 saturated heterocycles. The summed E-state index contributed by atoms with van der Waals surface area (Å²) in [7, 11) is 0. The van der Waals surface area contributed by atoms with E-state index in [1.54, 1.807) is 12.1 Å². The molecule has 0 amide bonds. The molecule has 0 bridgehead atoms. The third kappa shape index (κ3) is 2.06. The second-order valence-corrected chi connectivity index (χ2v) is 4.27. The van der Waals surface area contributed by atoms with Gasteiger partial charge < -0.3 is 0 Å². The van der Waals surface area contributed by atoms with Crippen LogP contribution in [0.3, 0.4) is 0 Å². The minimum atomic E-state index is -0.0908. The highest BCUT2D eigenvalue weighted by molar-refractivity contribution is 7.08. The highest BCUT2D eigenvalue weighted by Gasteiger charge is 2.12. The molecule has 0 fully saturated rings. The maximum atomic E-state index is 11.8. The van der Waals surface area contributed by atoms with E-state index in [0.717, 1.165) is 17.1 Å². The first-order valence-electron chi connectivity index (χ1n) is 4.26. The van der Waals surface area contributed by atoms with Gasteiger partial charge in [-0.2, -0.15) is 0 Å². The molecule has 2 aromatic rings. The lowest BCUT2D eigenvalue weighted by molar-refractivity contribution is 0.104. The Morgan fingerprint density at radius 1 is 1.47 bits per heavy atom. The maximum absolute atomic E-state index is 11.8. The van der Waals surface area contributed by atoms with E-state index >= 15 is 0 Å². The Morgan fingerprint density at radius 3 is 2.87 bits per heavy atom.